The summed E-state index contributed by atoms with van der Waals surface area (Å²) in [6, 6.07) is 1.68. The Kier molecular flexibility index (Phi) is 5.00. The number of hydrogen-bond donors (Lipinski definition) is 2. The first-order valence-corrected chi connectivity index (χ1v) is 7.81. The number of nitrogens with one attached hydrogen (secondary N) is 1. The van der Waals surface area contributed by atoms with Crippen molar-refractivity contribution in [2.75, 3.05) is 25.4 Å². The lowest BCUT2D eigenvalue weighted by atomic mass is 10.1. The number of carbonyl (C=O) groups excluding carboxylic acids is 2. The van der Waals surface area contributed by atoms with Crippen LogP contribution in [-0.2, 0) is 4.79 Å². The summed E-state index contributed by atoms with van der Waals surface area (Å²) in [6.07, 6.45) is 3.75. The van der Waals surface area contributed by atoms with Crippen molar-refractivity contribution in [2.45, 2.75) is 32.6 Å². The number of carbonyl (C=O) groups is 2. The van der Waals surface area contributed by atoms with Crippen LogP contribution in [0.2, 0.25) is 0 Å². The molecule has 0 bridgehead atoms. The monoisotopic (exact) mass is 295 g/mol. The number of aryl methyl sites for hydroxylation is 1. The first-order chi connectivity index (χ1) is 9.58. The van der Waals surface area contributed by atoms with Crippen LogP contribution in [-0.4, -0.2) is 36.3 Å². The Morgan fingerprint density at radius 3 is 2.65 bits per heavy atom. The third-order valence-corrected chi connectivity index (χ3v) is 4.58. The van der Waals surface area contributed by atoms with Gasteiger partial charge in [0, 0.05) is 36.6 Å². The van der Waals surface area contributed by atoms with Gasteiger partial charge in [0.2, 0.25) is 5.91 Å². The maximum atomic E-state index is 11.9. The SMILES string of the molecule is Cc1sc(C(=O)NCCC(=O)N2CCCCC2)cc1N. The van der Waals surface area contributed by atoms with Crippen molar-refractivity contribution < 1.29 is 9.59 Å². The predicted octanol–water partition coefficient (Wildman–Crippen LogP) is 1.77. The lowest BCUT2D eigenvalue weighted by Gasteiger charge is -2.26. The first kappa shape index (κ1) is 14.8. The molecule has 110 valence electrons. The van der Waals surface area contributed by atoms with Crippen LogP contribution in [0, 0.1) is 6.92 Å². The van der Waals surface area contributed by atoms with E-state index >= 15 is 0 Å². The third-order valence-electron chi connectivity index (χ3n) is 3.51. The third kappa shape index (κ3) is 3.72. The van der Waals surface area contributed by atoms with Gasteiger partial charge in [-0.1, -0.05) is 0 Å². The predicted molar refractivity (Wildman–Crippen MR) is 80.8 cm³/mol. The van der Waals surface area contributed by atoms with E-state index in [4.69, 9.17) is 5.73 Å². The van der Waals surface area contributed by atoms with Crippen molar-refractivity contribution in [1.29, 1.82) is 0 Å². The molecular formula is C14H21N3O2S. The molecule has 0 radical (unpaired) electrons. The van der Waals surface area contributed by atoms with Crippen LogP contribution in [0.15, 0.2) is 6.07 Å². The van der Waals surface area contributed by atoms with Crippen molar-refractivity contribution in [3.63, 3.8) is 0 Å². The van der Waals surface area contributed by atoms with Crippen molar-refractivity contribution in [3.8, 4) is 0 Å². The minimum atomic E-state index is -0.152. The van der Waals surface area contributed by atoms with E-state index in [1.165, 1.54) is 17.8 Å². The van der Waals surface area contributed by atoms with Crippen molar-refractivity contribution >= 4 is 28.8 Å². The van der Waals surface area contributed by atoms with Gasteiger partial charge in [0.1, 0.15) is 0 Å². The zero-order valence-electron chi connectivity index (χ0n) is 11.8. The van der Waals surface area contributed by atoms with Gasteiger partial charge in [-0.3, -0.25) is 9.59 Å². The Bertz CT molecular complexity index is 473. The fraction of sp³-hybridized carbons (Fsp3) is 0.571. The first-order valence-electron chi connectivity index (χ1n) is 7.00. The number of thiophene rings is 1. The van der Waals surface area contributed by atoms with E-state index in [-0.39, 0.29) is 11.8 Å². The van der Waals surface area contributed by atoms with Crippen molar-refractivity contribution in [2.24, 2.45) is 0 Å². The van der Waals surface area contributed by atoms with E-state index in [1.807, 2.05) is 11.8 Å². The van der Waals surface area contributed by atoms with Crippen LogP contribution in [0.5, 0.6) is 0 Å². The van der Waals surface area contributed by atoms with Gasteiger partial charge in [-0.2, -0.15) is 0 Å². The lowest BCUT2D eigenvalue weighted by Crippen LogP contribution is -2.37. The molecule has 0 unspecified atom stereocenters. The number of amides is 2. The summed E-state index contributed by atoms with van der Waals surface area (Å²) in [6.45, 7) is 3.97. The fourth-order valence-corrected chi connectivity index (χ4v) is 3.14. The molecule has 0 atom stereocenters. The van der Waals surface area contributed by atoms with E-state index in [9.17, 15) is 9.59 Å². The molecule has 0 saturated carbocycles. The molecule has 20 heavy (non-hydrogen) atoms. The zero-order valence-corrected chi connectivity index (χ0v) is 12.6. The topological polar surface area (TPSA) is 75.4 Å². The molecule has 0 spiro atoms. The molecule has 1 fully saturated rings. The standard InChI is InChI=1S/C14H21N3O2S/c1-10-11(15)9-12(20-10)14(19)16-6-5-13(18)17-7-3-2-4-8-17/h9H,2-8,15H2,1H3,(H,16,19). The van der Waals surface area contributed by atoms with Crippen molar-refractivity contribution in [1.82, 2.24) is 10.2 Å². The van der Waals surface area contributed by atoms with Gasteiger partial charge in [-0.05, 0) is 32.3 Å². The molecule has 2 heterocycles. The summed E-state index contributed by atoms with van der Waals surface area (Å²) in [5.74, 6) is -0.0203. The highest BCUT2D eigenvalue weighted by molar-refractivity contribution is 7.14. The van der Waals surface area contributed by atoms with Crippen LogP contribution >= 0.6 is 11.3 Å². The van der Waals surface area contributed by atoms with Crippen LogP contribution in [0.3, 0.4) is 0 Å². The van der Waals surface area contributed by atoms with E-state index < -0.39 is 0 Å². The second-order valence-corrected chi connectivity index (χ2v) is 6.33. The number of anilines is 1. The summed E-state index contributed by atoms with van der Waals surface area (Å²) < 4.78 is 0. The number of rotatable bonds is 4. The Balaban J connectivity index is 1.75. The Labute approximate surface area is 123 Å². The van der Waals surface area contributed by atoms with Gasteiger partial charge in [0.15, 0.2) is 0 Å². The Morgan fingerprint density at radius 1 is 1.35 bits per heavy atom. The maximum absolute atomic E-state index is 11.9. The Hall–Kier alpha value is -1.56. The zero-order chi connectivity index (χ0) is 14.5. The lowest BCUT2D eigenvalue weighted by molar-refractivity contribution is -0.131. The van der Waals surface area contributed by atoms with Crippen molar-refractivity contribution in [3.05, 3.63) is 15.8 Å². The smallest absolute Gasteiger partial charge is 0.261 e. The van der Waals surface area contributed by atoms with Gasteiger partial charge in [-0.25, -0.2) is 0 Å². The van der Waals surface area contributed by atoms with E-state index in [1.54, 1.807) is 6.07 Å². The number of hydrogen-bond acceptors (Lipinski definition) is 4. The summed E-state index contributed by atoms with van der Waals surface area (Å²) in [4.78, 5) is 27.3. The van der Waals surface area contributed by atoms with Gasteiger partial charge >= 0.3 is 0 Å². The molecule has 1 aliphatic rings. The van der Waals surface area contributed by atoms with E-state index in [2.05, 4.69) is 5.32 Å². The molecule has 6 heteroatoms. The molecule has 5 nitrogen and oxygen atoms in total. The highest BCUT2D eigenvalue weighted by Crippen LogP contribution is 2.23. The average Bonchev–Trinajstić information content (AvgIpc) is 2.79. The summed E-state index contributed by atoms with van der Waals surface area (Å²) in [5, 5.41) is 2.78. The second-order valence-electron chi connectivity index (χ2n) is 5.07. The fourth-order valence-electron chi connectivity index (χ4n) is 2.28. The number of nitrogens with zero attached hydrogens (tertiary/aromatic N) is 1. The highest BCUT2D eigenvalue weighted by atomic mass is 32.1. The van der Waals surface area contributed by atoms with Crippen LogP contribution in [0.1, 0.15) is 40.2 Å². The normalized spacial score (nSPS) is 15.2. The molecule has 2 rings (SSSR count). The number of likely N-dealkylation sites (tertiary alicyclic amines) is 1. The van der Waals surface area contributed by atoms with Gasteiger partial charge < -0.3 is 16.0 Å². The van der Waals surface area contributed by atoms with Crippen LogP contribution in [0.4, 0.5) is 5.69 Å². The largest absolute Gasteiger partial charge is 0.398 e. The molecule has 1 aromatic rings. The Morgan fingerprint density at radius 2 is 2.05 bits per heavy atom. The van der Waals surface area contributed by atoms with Gasteiger partial charge in [0.05, 0.1) is 4.88 Å². The minimum absolute atomic E-state index is 0.131. The molecule has 1 aromatic heterocycles. The minimum Gasteiger partial charge on any atom is -0.398 e. The highest BCUT2D eigenvalue weighted by Gasteiger charge is 2.16. The molecule has 3 N–H and O–H groups in total. The average molecular weight is 295 g/mol. The van der Waals surface area contributed by atoms with E-state index in [0.29, 0.717) is 23.5 Å². The molecule has 0 aromatic carbocycles. The van der Waals surface area contributed by atoms with Gasteiger partial charge in [-0.15, -0.1) is 11.3 Å². The molecule has 2 amide bonds. The van der Waals surface area contributed by atoms with Crippen LogP contribution in [0.25, 0.3) is 0 Å². The molecule has 1 aliphatic heterocycles. The molecule has 1 saturated heterocycles. The number of nitrogens with two attached hydrogens (primary N) is 1. The summed E-state index contributed by atoms with van der Waals surface area (Å²) in [5.41, 5.74) is 6.37. The number of nitrogen functional groups attached to an aromatic ring is 1. The molecular weight excluding hydrogens is 274 g/mol. The quantitative estimate of drug-likeness (QED) is 0.889. The summed E-state index contributed by atoms with van der Waals surface area (Å²) in [7, 11) is 0. The number of piperidine rings is 1. The maximum Gasteiger partial charge on any atom is 0.261 e. The van der Waals surface area contributed by atoms with E-state index in [0.717, 1.165) is 30.8 Å². The van der Waals surface area contributed by atoms with Gasteiger partial charge in [0.25, 0.3) is 5.91 Å². The van der Waals surface area contributed by atoms with Crippen LogP contribution < -0.4 is 11.1 Å². The second kappa shape index (κ2) is 6.74. The molecule has 0 aliphatic carbocycles. The summed E-state index contributed by atoms with van der Waals surface area (Å²) >= 11 is 1.38.